The first kappa shape index (κ1) is 10.7. The highest BCUT2D eigenvalue weighted by molar-refractivity contribution is 4.89. The van der Waals surface area contributed by atoms with Gasteiger partial charge >= 0.3 is 0 Å². The molecule has 1 heterocycles. The standard InChI is InChI=1S/C10H21N3/c1-12(2)10-5-8-13(9-10)7-4-3-6-11/h3-4,10H,5-9,11H2,1-2H3. The highest BCUT2D eigenvalue weighted by Gasteiger charge is 2.22. The van der Waals surface area contributed by atoms with Gasteiger partial charge in [0.25, 0.3) is 0 Å². The molecule has 1 aliphatic heterocycles. The van der Waals surface area contributed by atoms with Crippen LogP contribution < -0.4 is 5.73 Å². The maximum Gasteiger partial charge on any atom is 0.0229 e. The summed E-state index contributed by atoms with van der Waals surface area (Å²) >= 11 is 0. The SMILES string of the molecule is CN(C)C1CCN(CC=CCN)C1. The Morgan fingerprint density at radius 2 is 2.23 bits per heavy atom. The van der Waals surface area contributed by atoms with Crippen molar-refractivity contribution in [1.29, 1.82) is 0 Å². The second-order valence-corrected chi connectivity index (χ2v) is 3.87. The first-order valence-corrected chi connectivity index (χ1v) is 4.98. The summed E-state index contributed by atoms with van der Waals surface area (Å²) in [6.07, 6.45) is 5.49. The third-order valence-corrected chi connectivity index (χ3v) is 2.64. The van der Waals surface area contributed by atoms with E-state index in [9.17, 15) is 0 Å². The number of hydrogen-bond donors (Lipinski definition) is 1. The van der Waals surface area contributed by atoms with Crippen molar-refractivity contribution in [2.45, 2.75) is 12.5 Å². The predicted molar refractivity (Wildman–Crippen MR) is 56.7 cm³/mol. The van der Waals surface area contributed by atoms with Crippen molar-refractivity contribution in [3.8, 4) is 0 Å². The Bertz CT molecular complexity index is 166. The largest absolute Gasteiger partial charge is 0.327 e. The van der Waals surface area contributed by atoms with E-state index >= 15 is 0 Å². The third-order valence-electron chi connectivity index (χ3n) is 2.64. The van der Waals surface area contributed by atoms with E-state index in [1.54, 1.807) is 0 Å². The van der Waals surface area contributed by atoms with Crippen LogP contribution in [-0.4, -0.2) is 56.1 Å². The van der Waals surface area contributed by atoms with Gasteiger partial charge in [-0.1, -0.05) is 12.2 Å². The van der Waals surface area contributed by atoms with E-state index in [1.165, 1.54) is 19.5 Å². The Morgan fingerprint density at radius 1 is 1.46 bits per heavy atom. The summed E-state index contributed by atoms with van der Waals surface area (Å²) in [5, 5.41) is 0. The van der Waals surface area contributed by atoms with Crippen molar-refractivity contribution in [2.24, 2.45) is 5.73 Å². The molecule has 1 saturated heterocycles. The van der Waals surface area contributed by atoms with Gasteiger partial charge in [-0.3, -0.25) is 4.90 Å². The Labute approximate surface area is 81.2 Å². The van der Waals surface area contributed by atoms with Crippen LogP contribution >= 0.6 is 0 Å². The zero-order chi connectivity index (χ0) is 9.68. The third kappa shape index (κ3) is 3.46. The summed E-state index contributed by atoms with van der Waals surface area (Å²) in [4.78, 5) is 4.78. The molecule has 0 radical (unpaired) electrons. The van der Waals surface area contributed by atoms with E-state index in [0.717, 1.165) is 12.6 Å². The quantitative estimate of drug-likeness (QED) is 0.629. The van der Waals surface area contributed by atoms with E-state index in [2.05, 4.69) is 30.0 Å². The van der Waals surface area contributed by atoms with Gasteiger partial charge in [-0.05, 0) is 20.5 Å². The maximum atomic E-state index is 5.38. The molecule has 0 saturated carbocycles. The lowest BCUT2D eigenvalue weighted by molar-refractivity contribution is 0.280. The van der Waals surface area contributed by atoms with Crippen LogP contribution in [-0.2, 0) is 0 Å². The molecule has 13 heavy (non-hydrogen) atoms. The average molecular weight is 183 g/mol. The maximum absolute atomic E-state index is 5.38. The molecule has 0 amide bonds. The summed E-state index contributed by atoms with van der Waals surface area (Å²) < 4.78 is 0. The molecule has 1 aliphatic rings. The minimum absolute atomic E-state index is 0.658. The predicted octanol–water partition coefficient (Wildman–Crippen LogP) is 0.137. The fourth-order valence-electron chi connectivity index (χ4n) is 1.72. The molecule has 3 nitrogen and oxygen atoms in total. The van der Waals surface area contributed by atoms with Gasteiger partial charge in [0.1, 0.15) is 0 Å². The Kier molecular flexibility index (Phi) is 4.42. The molecule has 1 rings (SSSR count). The first-order chi connectivity index (χ1) is 6.24. The van der Waals surface area contributed by atoms with E-state index in [4.69, 9.17) is 5.73 Å². The van der Waals surface area contributed by atoms with Gasteiger partial charge in [-0.25, -0.2) is 0 Å². The number of likely N-dealkylation sites (N-methyl/N-ethyl adjacent to an activating group) is 1. The molecule has 0 aliphatic carbocycles. The molecule has 76 valence electrons. The lowest BCUT2D eigenvalue weighted by Gasteiger charge is -2.19. The van der Waals surface area contributed by atoms with Gasteiger partial charge in [-0.2, -0.15) is 0 Å². The molecule has 1 unspecified atom stereocenters. The second kappa shape index (κ2) is 5.37. The summed E-state index contributed by atoms with van der Waals surface area (Å²) in [5.74, 6) is 0. The number of nitrogens with zero attached hydrogens (tertiary/aromatic N) is 2. The molecular weight excluding hydrogens is 162 g/mol. The molecule has 0 aromatic carbocycles. The lowest BCUT2D eigenvalue weighted by Crippen LogP contribution is -2.31. The first-order valence-electron chi connectivity index (χ1n) is 4.98. The molecule has 2 N–H and O–H groups in total. The van der Waals surface area contributed by atoms with Crippen molar-refractivity contribution in [1.82, 2.24) is 9.80 Å². The van der Waals surface area contributed by atoms with Gasteiger partial charge in [0.2, 0.25) is 0 Å². The van der Waals surface area contributed by atoms with Crippen LogP contribution in [0.15, 0.2) is 12.2 Å². The Hall–Kier alpha value is -0.380. The minimum Gasteiger partial charge on any atom is -0.327 e. The Balaban J connectivity index is 2.21. The molecule has 3 heteroatoms. The molecule has 0 aromatic rings. The van der Waals surface area contributed by atoms with E-state index < -0.39 is 0 Å². The van der Waals surface area contributed by atoms with Crippen LogP contribution in [0.4, 0.5) is 0 Å². The van der Waals surface area contributed by atoms with Crippen molar-refractivity contribution < 1.29 is 0 Å². The summed E-state index contributed by atoms with van der Waals surface area (Å²) in [7, 11) is 4.31. The molecule has 0 spiro atoms. The number of nitrogens with two attached hydrogens (primary N) is 1. The molecular formula is C10H21N3. The van der Waals surface area contributed by atoms with Crippen LogP contribution in [0.25, 0.3) is 0 Å². The zero-order valence-electron chi connectivity index (χ0n) is 8.74. The fraction of sp³-hybridized carbons (Fsp3) is 0.800. The summed E-state index contributed by atoms with van der Waals surface area (Å²) in [5.41, 5.74) is 5.38. The van der Waals surface area contributed by atoms with E-state index in [-0.39, 0.29) is 0 Å². The number of rotatable bonds is 4. The van der Waals surface area contributed by atoms with Crippen LogP contribution in [0.2, 0.25) is 0 Å². The smallest absolute Gasteiger partial charge is 0.0229 e. The fourth-order valence-corrected chi connectivity index (χ4v) is 1.72. The van der Waals surface area contributed by atoms with Crippen molar-refractivity contribution >= 4 is 0 Å². The van der Waals surface area contributed by atoms with Crippen molar-refractivity contribution in [3.05, 3.63) is 12.2 Å². The van der Waals surface area contributed by atoms with Gasteiger partial charge in [0.05, 0.1) is 0 Å². The highest BCUT2D eigenvalue weighted by Crippen LogP contribution is 2.12. The Morgan fingerprint density at radius 3 is 2.77 bits per heavy atom. The highest BCUT2D eigenvalue weighted by atomic mass is 15.2. The van der Waals surface area contributed by atoms with E-state index in [1.807, 2.05) is 6.08 Å². The van der Waals surface area contributed by atoms with Crippen LogP contribution in [0.5, 0.6) is 0 Å². The number of likely N-dealkylation sites (tertiary alicyclic amines) is 1. The second-order valence-electron chi connectivity index (χ2n) is 3.87. The minimum atomic E-state index is 0.658. The topological polar surface area (TPSA) is 32.5 Å². The molecule has 0 aromatic heterocycles. The normalized spacial score (nSPS) is 25.1. The lowest BCUT2D eigenvalue weighted by atomic mass is 10.2. The van der Waals surface area contributed by atoms with E-state index in [0.29, 0.717) is 6.54 Å². The van der Waals surface area contributed by atoms with Gasteiger partial charge in [0, 0.05) is 32.2 Å². The van der Waals surface area contributed by atoms with Crippen molar-refractivity contribution in [2.75, 3.05) is 40.3 Å². The van der Waals surface area contributed by atoms with Crippen LogP contribution in [0.3, 0.4) is 0 Å². The van der Waals surface area contributed by atoms with Crippen LogP contribution in [0, 0.1) is 0 Å². The van der Waals surface area contributed by atoms with Gasteiger partial charge in [0.15, 0.2) is 0 Å². The van der Waals surface area contributed by atoms with Gasteiger partial charge in [-0.15, -0.1) is 0 Å². The van der Waals surface area contributed by atoms with Crippen molar-refractivity contribution in [3.63, 3.8) is 0 Å². The summed E-state index contributed by atoms with van der Waals surface area (Å²) in [6, 6.07) is 0.742. The molecule has 1 fully saturated rings. The molecule has 1 atom stereocenters. The zero-order valence-corrected chi connectivity index (χ0v) is 8.74. The van der Waals surface area contributed by atoms with Gasteiger partial charge < -0.3 is 10.6 Å². The average Bonchev–Trinajstić information content (AvgIpc) is 2.53. The monoisotopic (exact) mass is 183 g/mol. The van der Waals surface area contributed by atoms with Crippen LogP contribution in [0.1, 0.15) is 6.42 Å². The molecule has 0 bridgehead atoms. The summed E-state index contributed by atoms with van der Waals surface area (Å²) in [6.45, 7) is 4.13. The number of hydrogen-bond acceptors (Lipinski definition) is 3.